The Bertz CT molecular complexity index is 841. The number of esters is 1. The number of benzene rings is 2. The predicted molar refractivity (Wildman–Crippen MR) is 117 cm³/mol. The van der Waals surface area contributed by atoms with Crippen molar-refractivity contribution in [3.63, 3.8) is 0 Å². The number of anilines is 1. The van der Waals surface area contributed by atoms with Gasteiger partial charge in [-0.1, -0.05) is 54.4 Å². The fourth-order valence-electron chi connectivity index (χ4n) is 3.83. The molecule has 0 heterocycles. The van der Waals surface area contributed by atoms with Gasteiger partial charge in [0.15, 0.2) is 0 Å². The molecule has 156 valence electrons. The van der Waals surface area contributed by atoms with Crippen molar-refractivity contribution in [2.24, 2.45) is 5.41 Å². The zero-order chi connectivity index (χ0) is 21.1. The maximum absolute atomic E-state index is 13.1. The summed E-state index contributed by atoms with van der Waals surface area (Å²) >= 11 is 6.43. The van der Waals surface area contributed by atoms with Gasteiger partial charge in [-0.25, -0.2) is 0 Å². The Kier molecular flexibility index (Phi) is 6.55. The summed E-state index contributed by atoms with van der Waals surface area (Å²) in [6.07, 6.45) is 2.14. The quantitative estimate of drug-likeness (QED) is 0.551. The first-order valence-corrected chi connectivity index (χ1v) is 10.5. The summed E-state index contributed by atoms with van der Waals surface area (Å²) in [5.74, 6) is -0.183. The molecule has 1 fully saturated rings. The van der Waals surface area contributed by atoms with E-state index in [1.165, 1.54) is 5.56 Å². The van der Waals surface area contributed by atoms with Crippen LogP contribution in [0.1, 0.15) is 57.3 Å². The van der Waals surface area contributed by atoms with E-state index < -0.39 is 11.0 Å². The Hall–Kier alpha value is -2.04. The van der Waals surface area contributed by atoms with Crippen LogP contribution in [0.4, 0.5) is 5.69 Å². The van der Waals surface area contributed by atoms with Gasteiger partial charge in [-0.15, -0.1) is 0 Å². The Balaban J connectivity index is 1.84. The van der Waals surface area contributed by atoms with Crippen LogP contribution in [0.5, 0.6) is 0 Å². The number of hydrogen-bond acceptors (Lipinski definition) is 4. The minimum Gasteiger partial charge on any atom is -0.459 e. The van der Waals surface area contributed by atoms with Crippen LogP contribution in [0.2, 0.25) is 5.02 Å². The van der Waals surface area contributed by atoms with Crippen molar-refractivity contribution in [2.45, 2.75) is 58.3 Å². The topological polar surface area (TPSA) is 47.6 Å². The Morgan fingerprint density at radius 1 is 1.17 bits per heavy atom. The number of carbonyl (C=O) groups is 1. The lowest BCUT2D eigenvalue weighted by atomic mass is 9.63. The van der Waals surface area contributed by atoms with E-state index in [-0.39, 0.29) is 12.1 Å². The molecule has 5 heteroatoms. The highest BCUT2D eigenvalue weighted by Crippen LogP contribution is 2.53. The number of halogens is 1. The molecule has 0 amide bonds. The van der Waals surface area contributed by atoms with Crippen LogP contribution in [-0.2, 0) is 20.8 Å². The third-order valence-electron chi connectivity index (χ3n) is 5.41. The summed E-state index contributed by atoms with van der Waals surface area (Å²) in [7, 11) is 1.65. The molecular formula is C24H30ClNO3. The van der Waals surface area contributed by atoms with E-state index in [4.69, 9.17) is 21.1 Å². The van der Waals surface area contributed by atoms with E-state index in [9.17, 15) is 4.79 Å². The fraction of sp³-hybridized carbons (Fsp3) is 0.458. The van der Waals surface area contributed by atoms with Gasteiger partial charge < -0.3 is 14.8 Å². The highest BCUT2D eigenvalue weighted by Gasteiger charge is 2.53. The summed E-state index contributed by atoms with van der Waals surface area (Å²) in [5, 5.41) is 4.04. The molecule has 0 saturated heterocycles. The van der Waals surface area contributed by atoms with Gasteiger partial charge in [0, 0.05) is 13.7 Å². The van der Waals surface area contributed by atoms with Crippen LogP contribution < -0.4 is 5.32 Å². The molecule has 29 heavy (non-hydrogen) atoms. The second kappa shape index (κ2) is 8.76. The van der Waals surface area contributed by atoms with Gasteiger partial charge in [-0.2, -0.15) is 0 Å². The summed E-state index contributed by atoms with van der Waals surface area (Å²) in [5.41, 5.74) is 1.75. The number of ether oxygens (including phenoxy) is 2. The highest BCUT2D eigenvalue weighted by molar-refractivity contribution is 6.33. The van der Waals surface area contributed by atoms with Crippen LogP contribution in [0, 0.1) is 5.41 Å². The molecular weight excluding hydrogens is 386 g/mol. The molecule has 1 aliphatic carbocycles. The van der Waals surface area contributed by atoms with Crippen molar-refractivity contribution in [3.05, 3.63) is 64.7 Å². The van der Waals surface area contributed by atoms with Crippen molar-refractivity contribution in [1.82, 2.24) is 0 Å². The van der Waals surface area contributed by atoms with E-state index in [1.807, 2.05) is 57.2 Å². The highest BCUT2D eigenvalue weighted by atomic mass is 35.5. The van der Waals surface area contributed by atoms with E-state index in [0.29, 0.717) is 11.6 Å². The number of rotatable bonds is 7. The number of methoxy groups -OCH3 is 1. The molecule has 1 unspecified atom stereocenters. The van der Waals surface area contributed by atoms with Gasteiger partial charge >= 0.3 is 5.97 Å². The molecule has 1 saturated carbocycles. The molecule has 1 N–H and O–H groups in total. The van der Waals surface area contributed by atoms with Crippen LogP contribution in [0.3, 0.4) is 0 Å². The molecule has 0 spiro atoms. The Morgan fingerprint density at radius 3 is 2.41 bits per heavy atom. The first-order valence-electron chi connectivity index (χ1n) is 10.1. The fourth-order valence-corrected chi connectivity index (χ4v) is 4.01. The normalized spacial score (nSPS) is 16.6. The summed E-state index contributed by atoms with van der Waals surface area (Å²) in [4.78, 5) is 13.1. The van der Waals surface area contributed by atoms with E-state index in [1.54, 1.807) is 7.11 Å². The van der Waals surface area contributed by atoms with Crippen LogP contribution in [0.15, 0.2) is 48.5 Å². The summed E-state index contributed by atoms with van der Waals surface area (Å²) < 4.78 is 11.6. The molecule has 1 aliphatic rings. The number of carbonyl (C=O) groups excluding carboxylic acids is 1. The van der Waals surface area contributed by atoms with Crippen molar-refractivity contribution in [1.29, 1.82) is 0 Å². The van der Waals surface area contributed by atoms with Crippen molar-refractivity contribution in [3.8, 4) is 0 Å². The molecule has 0 bridgehead atoms. The molecule has 4 nitrogen and oxygen atoms in total. The zero-order valence-corrected chi connectivity index (χ0v) is 18.4. The average molecular weight is 416 g/mol. The third-order valence-corrected chi connectivity index (χ3v) is 5.74. The molecule has 2 aromatic rings. The maximum Gasteiger partial charge on any atom is 0.315 e. The van der Waals surface area contributed by atoms with Gasteiger partial charge in [0.05, 0.1) is 22.2 Å². The Labute approximate surface area is 178 Å². The largest absolute Gasteiger partial charge is 0.459 e. The molecule has 0 radical (unpaired) electrons. The van der Waals surface area contributed by atoms with Crippen molar-refractivity contribution in [2.75, 3.05) is 12.4 Å². The minimum absolute atomic E-state index is 0.183. The van der Waals surface area contributed by atoms with Gasteiger partial charge in [0.2, 0.25) is 0 Å². The lowest BCUT2D eigenvalue weighted by Crippen LogP contribution is -2.47. The Morgan fingerprint density at radius 2 is 1.86 bits per heavy atom. The van der Waals surface area contributed by atoms with Gasteiger partial charge in [-0.05, 0) is 56.9 Å². The second-order valence-corrected chi connectivity index (χ2v) is 9.11. The van der Waals surface area contributed by atoms with Gasteiger partial charge in [-0.3, -0.25) is 4.79 Å². The first kappa shape index (κ1) is 21.7. The maximum atomic E-state index is 13.1. The number of nitrogens with one attached hydrogen (secondary N) is 1. The monoisotopic (exact) mass is 415 g/mol. The molecule has 0 aromatic heterocycles. The lowest BCUT2D eigenvalue weighted by Gasteiger charge is -2.45. The average Bonchev–Trinajstić information content (AvgIpc) is 2.63. The van der Waals surface area contributed by atoms with E-state index >= 15 is 0 Å². The van der Waals surface area contributed by atoms with E-state index in [2.05, 4.69) is 17.4 Å². The van der Waals surface area contributed by atoms with Crippen LogP contribution in [-0.4, -0.2) is 18.7 Å². The van der Waals surface area contributed by atoms with Gasteiger partial charge in [0.1, 0.15) is 5.60 Å². The smallest absolute Gasteiger partial charge is 0.315 e. The summed E-state index contributed by atoms with van der Waals surface area (Å²) in [6, 6.07) is 15.9. The number of hydrogen-bond donors (Lipinski definition) is 1. The molecule has 3 rings (SSSR count). The third kappa shape index (κ3) is 4.93. The van der Waals surface area contributed by atoms with Crippen LogP contribution in [0.25, 0.3) is 0 Å². The predicted octanol–water partition coefficient (Wildman–Crippen LogP) is 6.15. The first-order chi connectivity index (χ1) is 13.7. The molecule has 1 atom stereocenters. The van der Waals surface area contributed by atoms with Gasteiger partial charge in [0.25, 0.3) is 0 Å². The van der Waals surface area contributed by atoms with E-state index in [0.717, 1.165) is 30.5 Å². The van der Waals surface area contributed by atoms with Crippen molar-refractivity contribution >= 4 is 23.3 Å². The summed E-state index contributed by atoms with van der Waals surface area (Å²) in [6.45, 7) is 6.35. The SMILES string of the molecule is COC(c1ccc(Cl)c(NCc2ccccc2)c1)C1(C(=O)OC(C)(C)C)CCC1. The lowest BCUT2D eigenvalue weighted by molar-refractivity contribution is -0.187. The minimum atomic E-state index is -0.646. The molecule has 0 aliphatic heterocycles. The second-order valence-electron chi connectivity index (χ2n) is 8.71. The standard InChI is InChI=1S/C24H30ClNO3/c1-23(2,3)29-22(27)24(13-8-14-24)21(28-4)18-11-12-19(25)20(15-18)26-16-17-9-6-5-7-10-17/h5-7,9-12,15,21,26H,8,13-14,16H2,1-4H3. The van der Waals surface area contributed by atoms with Crippen molar-refractivity contribution < 1.29 is 14.3 Å². The zero-order valence-electron chi connectivity index (χ0n) is 17.6. The van der Waals surface area contributed by atoms with Crippen LogP contribution >= 0.6 is 11.6 Å². The molecule has 2 aromatic carbocycles.